The van der Waals surface area contributed by atoms with Crippen molar-refractivity contribution >= 4 is 11.6 Å². The quantitative estimate of drug-likeness (QED) is 0.258. The van der Waals surface area contributed by atoms with Crippen molar-refractivity contribution in [2.45, 2.75) is 0 Å². The van der Waals surface area contributed by atoms with Gasteiger partial charge in [0, 0.05) is 27.8 Å². The van der Waals surface area contributed by atoms with E-state index in [0.29, 0.717) is 27.8 Å². The zero-order chi connectivity index (χ0) is 23.3. The van der Waals surface area contributed by atoms with Crippen LogP contribution in [0.5, 0.6) is 0 Å². The molecule has 0 N–H and O–H groups in total. The van der Waals surface area contributed by atoms with Gasteiger partial charge in [0.05, 0.1) is 0 Å². The summed E-state index contributed by atoms with van der Waals surface area (Å²) in [5, 5.41) is 0. The molecule has 0 saturated carbocycles. The first kappa shape index (κ1) is 21.3. The van der Waals surface area contributed by atoms with E-state index in [4.69, 9.17) is 0 Å². The van der Waals surface area contributed by atoms with Crippen molar-refractivity contribution in [1.82, 2.24) is 0 Å². The van der Waals surface area contributed by atoms with Crippen LogP contribution in [0.2, 0.25) is 0 Å². The van der Waals surface area contributed by atoms with Crippen LogP contribution in [0.1, 0.15) is 31.8 Å². The normalized spacial score (nSPS) is 10.6. The first-order valence-corrected chi connectivity index (χ1v) is 11.2. The van der Waals surface area contributed by atoms with Gasteiger partial charge in [-0.3, -0.25) is 9.59 Å². The van der Waals surface area contributed by atoms with Crippen LogP contribution >= 0.6 is 0 Å². The number of carbonyl (C=O) groups is 2. The van der Waals surface area contributed by atoms with Crippen LogP contribution in [0.3, 0.4) is 0 Å². The Morgan fingerprint density at radius 3 is 1.29 bits per heavy atom. The number of rotatable bonds is 6. The highest BCUT2D eigenvalue weighted by molar-refractivity contribution is 6.20. The van der Waals surface area contributed by atoms with Crippen molar-refractivity contribution in [2.24, 2.45) is 0 Å². The summed E-state index contributed by atoms with van der Waals surface area (Å²) >= 11 is 0. The van der Waals surface area contributed by atoms with E-state index in [2.05, 4.69) is 0 Å². The lowest BCUT2D eigenvalue weighted by molar-refractivity contribution is 0.103. The Bertz CT molecular complexity index is 1380. The topological polar surface area (TPSA) is 34.1 Å². The SMILES string of the molecule is O=C(c1ccccc1)c1cccc(C(=O)c2ccccc2)c1-c1ccccc1-c1ccccc1. The molecule has 0 aliphatic heterocycles. The highest BCUT2D eigenvalue weighted by atomic mass is 16.1. The smallest absolute Gasteiger partial charge is 0.193 e. The van der Waals surface area contributed by atoms with Gasteiger partial charge in [-0.25, -0.2) is 0 Å². The summed E-state index contributed by atoms with van der Waals surface area (Å²) in [6.07, 6.45) is 0. The predicted octanol–water partition coefficient (Wildman–Crippen LogP) is 7.48. The lowest BCUT2D eigenvalue weighted by Crippen LogP contribution is -2.10. The zero-order valence-electron chi connectivity index (χ0n) is 18.5. The van der Waals surface area contributed by atoms with E-state index in [0.717, 1.165) is 16.7 Å². The van der Waals surface area contributed by atoms with Gasteiger partial charge in [-0.05, 0) is 16.7 Å². The fourth-order valence-electron chi connectivity index (χ4n) is 4.28. The van der Waals surface area contributed by atoms with Crippen LogP contribution in [-0.2, 0) is 0 Å². The summed E-state index contributed by atoms with van der Waals surface area (Å²) in [6.45, 7) is 0. The van der Waals surface area contributed by atoms with E-state index < -0.39 is 0 Å². The lowest BCUT2D eigenvalue weighted by atomic mass is 9.84. The average Bonchev–Trinajstić information content (AvgIpc) is 2.93. The number of hydrogen-bond donors (Lipinski definition) is 0. The predicted molar refractivity (Wildman–Crippen MR) is 137 cm³/mol. The van der Waals surface area contributed by atoms with Gasteiger partial charge in [0.15, 0.2) is 11.6 Å². The Hall–Kier alpha value is -4.56. The molecular weight excluding hydrogens is 416 g/mol. The Balaban J connectivity index is 1.79. The highest BCUT2D eigenvalue weighted by Gasteiger charge is 2.23. The van der Waals surface area contributed by atoms with Crippen molar-refractivity contribution in [1.29, 1.82) is 0 Å². The van der Waals surface area contributed by atoms with Crippen LogP contribution in [-0.4, -0.2) is 11.6 Å². The molecular formula is C32H22O2. The second-order valence-corrected chi connectivity index (χ2v) is 8.03. The molecule has 0 aliphatic rings. The first-order valence-electron chi connectivity index (χ1n) is 11.2. The molecule has 34 heavy (non-hydrogen) atoms. The van der Waals surface area contributed by atoms with E-state index in [1.807, 2.05) is 103 Å². The van der Waals surface area contributed by atoms with Crippen LogP contribution in [0, 0.1) is 0 Å². The molecule has 0 unspecified atom stereocenters. The Morgan fingerprint density at radius 1 is 0.382 bits per heavy atom. The molecule has 0 bridgehead atoms. The monoisotopic (exact) mass is 438 g/mol. The van der Waals surface area contributed by atoms with Gasteiger partial charge < -0.3 is 0 Å². The molecule has 0 fully saturated rings. The van der Waals surface area contributed by atoms with Gasteiger partial charge >= 0.3 is 0 Å². The Morgan fingerprint density at radius 2 is 0.794 bits per heavy atom. The van der Waals surface area contributed by atoms with E-state index in [9.17, 15) is 9.59 Å². The van der Waals surface area contributed by atoms with Gasteiger partial charge in [0.25, 0.3) is 0 Å². The summed E-state index contributed by atoms with van der Waals surface area (Å²) in [4.78, 5) is 27.4. The largest absolute Gasteiger partial charge is 0.289 e. The maximum atomic E-state index is 13.7. The molecule has 0 radical (unpaired) electrons. The Labute approximate surface area is 199 Å². The number of benzene rings is 5. The minimum absolute atomic E-state index is 0.110. The molecule has 0 aliphatic carbocycles. The van der Waals surface area contributed by atoms with Crippen LogP contribution in [0.25, 0.3) is 22.3 Å². The van der Waals surface area contributed by atoms with Crippen molar-refractivity contribution in [3.8, 4) is 22.3 Å². The third-order valence-corrected chi connectivity index (χ3v) is 5.91. The summed E-state index contributed by atoms with van der Waals surface area (Å²) < 4.78 is 0. The second-order valence-electron chi connectivity index (χ2n) is 8.03. The molecule has 5 aromatic carbocycles. The average molecular weight is 439 g/mol. The van der Waals surface area contributed by atoms with Crippen molar-refractivity contribution < 1.29 is 9.59 Å². The Kier molecular flexibility index (Phi) is 5.96. The maximum Gasteiger partial charge on any atom is 0.193 e. The summed E-state index contributed by atoms with van der Waals surface area (Å²) in [5.74, 6) is -0.220. The minimum atomic E-state index is -0.110. The molecule has 5 rings (SSSR count). The van der Waals surface area contributed by atoms with Gasteiger partial charge in [0.2, 0.25) is 0 Å². The fraction of sp³-hybridized carbons (Fsp3) is 0. The third kappa shape index (κ3) is 4.10. The molecule has 0 spiro atoms. The molecule has 5 aromatic rings. The second kappa shape index (κ2) is 9.51. The number of hydrogen-bond acceptors (Lipinski definition) is 2. The van der Waals surface area contributed by atoms with Crippen molar-refractivity contribution in [3.05, 3.63) is 156 Å². The fourth-order valence-corrected chi connectivity index (χ4v) is 4.28. The summed E-state index contributed by atoms with van der Waals surface area (Å²) in [7, 11) is 0. The molecule has 0 aromatic heterocycles. The van der Waals surface area contributed by atoms with Gasteiger partial charge in [-0.2, -0.15) is 0 Å². The van der Waals surface area contributed by atoms with E-state index >= 15 is 0 Å². The molecule has 162 valence electrons. The number of ketones is 2. The molecule has 0 heterocycles. The summed E-state index contributed by atoms with van der Waals surface area (Å²) in [5.41, 5.74) is 5.71. The van der Waals surface area contributed by atoms with Gasteiger partial charge in [-0.1, -0.05) is 133 Å². The van der Waals surface area contributed by atoms with Crippen LogP contribution in [0.4, 0.5) is 0 Å². The molecule has 2 heteroatoms. The van der Waals surface area contributed by atoms with Crippen LogP contribution in [0.15, 0.2) is 133 Å². The lowest BCUT2D eigenvalue weighted by Gasteiger charge is -2.18. The van der Waals surface area contributed by atoms with E-state index in [1.54, 1.807) is 30.3 Å². The summed E-state index contributed by atoms with van der Waals surface area (Å²) in [6, 6.07) is 41.8. The van der Waals surface area contributed by atoms with E-state index in [1.165, 1.54) is 0 Å². The maximum absolute atomic E-state index is 13.7. The van der Waals surface area contributed by atoms with E-state index in [-0.39, 0.29) is 11.6 Å². The molecule has 0 amide bonds. The number of carbonyl (C=O) groups excluding carboxylic acids is 2. The third-order valence-electron chi connectivity index (χ3n) is 5.91. The van der Waals surface area contributed by atoms with Crippen molar-refractivity contribution in [3.63, 3.8) is 0 Å². The van der Waals surface area contributed by atoms with Crippen LogP contribution < -0.4 is 0 Å². The van der Waals surface area contributed by atoms with Gasteiger partial charge in [-0.15, -0.1) is 0 Å². The first-order chi connectivity index (χ1) is 16.7. The molecule has 0 saturated heterocycles. The highest BCUT2D eigenvalue weighted by Crippen LogP contribution is 2.37. The standard InChI is InChI=1S/C32H22O2/c33-31(24-15-6-2-7-16-24)28-21-12-22-29(32(34)25-17-8-3-9-18-25)30(28)27-20-11-10-19-26(27)23-13-4-1-5-14-23/h1-22H. The minimum Gasteiger partial charge on any atom is -0.289 e. The zero-order valence-corrected chi connectivity index (χ0v) is 18.5. The van der Waals surface area contributed by atoms with Gasteiger partial charge in [0.1, 0.15) is 0 Å². The van der Waals surface area contributed by atoms with Crippen molar-refractivity contribution in [2.75, 3.05) is 0 Å². The molecule has 0 atom stereocenters. The molecule has 2 nitrogen and oxygen atoms in total.